The number of halogens is 4. The number of hydrogen-bond donors (Lipinski definition) is 1. The summed E-state index contributed by atoms with van der Waals surface area (Å²) in [6, 6.07) is 5.81. The molecule has 1 heterocycles. The number of nitrogens with two attached hydrogens (primary N) is 1. The highest BCUT2D eigenvalue weighted by Crippen LogP contribution is 2.28. The largest absolute Gasteiger partial charge is 0.573 e. The van der Waals surface area contributed by atoms with Crippen LogP contribution in [-0.4, -0.2) is 11.3 Å². The summed E-state index contributed by atoms with van der Waals surface area (Å²) in [5.41, 5.74) is 7.65. The molecule has 3 nitrogen and oxygen atoms in total. The number of nitrogens with zero attached hydrogens (tertiary/aromatic N) is 1. The van der Waals surface area contributed by atoms with Crippen molar-refractivity contribution < 1.29 is 22.3 Å². The Kier molecular flexibility index (Phi) is 4.13. The van der Waals surface area contributed by atoms with Crippen LogP contribution in [0.4, 0.5) is 17.6 Å². The van der Waals surface area contributed by atoms with E-state index in [4.69, 9.17) is 5.73 Å². The van der Waals surface area contributed by atoms with Gasteiger partial charge in [0.15, 0.2) is 11.6 Å². The molecule has 0 saturated heterocycles. The Labute approximate surface area is 118 Å². The highest BCUT2D eigenvalue weighted by molar-refractivity contribution is 5.34. The van der Waals surface area contributed by atoms with E-state index in [1.54, 1.807) is 18.3 Å². The molecule has 0 fully saturated rings. The molecule has 1 unspecified atom stereocenters. The molecule has 0 aliphatic rings. The first-order valence-electron chi connectivity index (χ1n) is 5.99. The number of alkyl halides is 3. The Morgan fingerprint density at radius 2 is 1.90 bits per heavy atom. The molecule has 21 heavy (non-hydrogen) atoms. The second-order valence-corrected chi connectivity index (χ2v) is 4.48. The molecule has 2 rings (SSSR count). The van der Waals surface area contributed by atoms with E-state index in [0.29, 0.717) is 11.3 Å². The number of hydrogen-bond acceptors (Lipinski definition) is 3. The highest BCUT2D eigenvalue weighted by Gasteiger charge is 2.32. The predicted octanol–water partition coefficient (Wildman–Crippen LogP) is 3.48. The maximum absolute atomic E-state index is 13.6. The molecule has 0 bridgehead atoms. The number of rotatable bonds is 3. The van der Waals surface area contributed by atoms with Gasteiger partial charge in [-0.1, -0.05) is 12.1 Å². The molecule has 0 saturated carbocycles. The van der Waals surface area contributed by atoms with Crippen LogP contribution in [-0.2, 0) is 0 Å². The summed E-state index contributed by atoms with van der Waals surface area (Å²) in [7, 11) is 0. The van der Waals surface area contributed by atoms with E-state index in [2.05, 4.69) is 9.72 Å². The lowest BCUT2D eigenvalue weighted by Gasteiger charge is -2.14. The molecule has 0 radical (unpaired) electrons. The molecule has 0 spiro atoms. The summed E-state index contributed by atoms with van der Waals surface area (Å²) in [4.78, 5) is 4.11. The fourth-order valence-electron chi connectivity index (χ4n) is 1.75. The quantitative estimate of drug-likeness (QED) is 0.883. The first-order chi connectivity index (χ1) is 9.76. The first-order valence-corrected chi connectivity index (χ1v) is 5.99. The van der Waals surface area contributed by atoms with Crippen LogP contribution in [0.5, 0.6) is 5.75 Å². The van der Waals surface area contributed by atoms with Gasteiger partial charge >= 0.3 is 6.36 Å². The van der Waals surface area contributed by atoms with Gasteiger partial charge in [0, 0.05) is 6.20 Å². The first kappa shape index (κ1) is 15.2. The Hall–Kier alpha value is -2.15. The second kappa shape index (κ2) is 5.69. The maximum Gasteiger partial charge on any atom is 0.573 e. The number of benzene rings is 1. The standard InChI is InChI=1S/C14H12F4N2O/c1-8-2-4-11(20-7-8)13(19)9-3-5-12(10(15)6-9)21-14(16,17)18/h2-7,13H,19H2,1H3. The zero-order chi connectivity index (χ0) is 15.6. The van der Waals surface area contributed by atoms with E-state index in [0.717, 1.165) is 17.7 Å². The van der Waals surface area contributed by atoms with Crippen LogP contribution in [0.1, 0.15) is 22.9 Å². The minimum atomic E-state index is -4.94. The Bertz CT molecular complexity index is 626. The lowest BCUT2D eigenvalue weighted by Crippen LogP contribution is -2.18. The van der Waals surface area contributed by atoms with Gasteiger partial charge in [-0.3, -0.25) is 4.98 Å². The number of aromatic nitrogens is 1. The molecule has 112 valence electrons. The van der Waals surface area contributed by atoms with Crippen molar-refractivity contribution in [3.8, 4) is 5.75 Å². The van der Waals surface area contributed by atoms with Crippen molar-refractivity contribution in [2.45, 2.75) is 19.3 Å². The van der Waals surface area contributed by atoms with E-state index in [-0.39, 0.29) is 0 Å². The van der Waals surface area contributed by atoms with E-state index < -0.39 is 24.0 Å². The summed E-state index contributed by atoms with van der Waals surface area (Å²) in [5.74, 6) is -2.03. The van der Waals surface area contributed by atoms with Gasteiger partial charge in [0.1, 0.15) is 0 Å². The zero-order valence-electron chi connectivity index (χ0n) is 11.0. The van der Waals surface area contributed by atoms with Gasteiger partial charge in [0.05, 0.1) is 11.7 Å². The van der Waals surface area contributed by atoms with Crippen molar-refractivity contribution in [2.75, 3.05) is 0 Å². The van der Waals surface area contributed by atoms with E-state index in [9.17, 15) is 17.6 Å². The minimum absolute atomic E-state index is 0.304. The third kappa shape index (κ3) is 3.91. The zero-order valence-corrected chi connectivity index (χ0v) is 11.0. The predicted molar refractivity (Wildman–Crippen MR) is 68.1 cm³/mol. The molecular formula is C14H12F4N2O. The summed E-state index contributed by atoms with van der Waals surface area (Å²) in [5, 5.41) is 0. The number of aryl methyl sites for hydroxylation is 1. The summed E-state index contributed by atoms with van der Waals surface area (Å²) in [6.45, 7) is 1.85. The lowest BCUT2D eigenvalue weighted by atomic mass is 10.0. The number of pyridine rings is 1. The second-order valence-electron chi connectivity index (χ2n) is 4.48. The van der Waals surface area contributed by atoms with Crippen LogP contribution in [0.2, 0.25) is 0 Å². The third-order valence-corrected chi connectivity index (χ3v) is 2.79. The van der Waals surface area contributed by atoms with Gasteiger partial charge < -0.3 is 10.5 Å². The molecule has 1 atom stereocenters. The van der Waals surface area contributed by atoms with E-state index >= 15 is 0 Å². The van der Waals surface area contributed by atoms with Crippen LogP contribution in [0.3, 0.4) is 0 Å². The molecule has 2 aromatic rings. The Balaban J connectivity index is 2.25. The van der Waals surface area contributed by atoms with Crippen molar-refractivity contribution >= 4 is 0 Å². The van der Waals surface area contributed by atoms with Gasteiger partial charge in [-0.25, -0.2) is 4.39 Å². The van der Waals surface area contributed by atoms with Crippen LogP contribution in [0, 0.1) is 12.7 Å². The van der Waals surface area contributed by atoms with Gasteiger partial charge in [-0.15, -0.1) is 13.2 Å². The van der Waals surface area contributed by atoms with Crippen LogP contribution in [0.15, 0.2) is 36.5 Å². The summed E-state index contributed by atoms with van der Waals surface area (Å²) < 4.78 is 53.4. The smallest absolute Gasteiger partial charge is 0.403 e. The molecule has 2 N–H and O–H groups in total. The minimum Gasteiger partial charge on any atom is -0.403 e. The van der Waals surface area contributed by atoms with Crippen molar-refractivity contribution in [2.24, 2.45) is 5.73 Å². The van der Waals surface area contributed by atoms with Crippen LogP contribution >= 0.6 is 0 Å². The van der Waals surface area contributed by atoms with Gasteiger partial charge in [0.2, 0.25) is 0 Å². The van der Waals surface area contributed by atoms with Crippen molar-refractivity contribution in [1.29, 1.82) is 0 Å². The van der Waals surface area contributed by atoms with E-state index in [1.807, 2.05) is 6.92 Å². The Morgan fingerprint density at radius 3 is 2.43 bits per heavy atom. The van der Waals surface area contributed by atoms with Gasteiger partial charge in [0.25, 0.3) is 0 Å². The highest BCUT2D eigenvalue weighted by atomic mass is 19.4. The topological polar surface area (TPSA) is 48.1 Å². The third-order valence-electron chi connectivity index (χ3n) is 2.79. The average Bonchev–Trinajstić information content (AvgIpc) is 2.40. The average molecular weight is 300 g/mol. The molecule has 0 amide bonds. The van der Waals surface area contributed by atoms with Crippen LogP contribution in [0.25, 0.3) is 0 Å². The van der Waals surface area contributed by atoms with Crippen molar-refractivity contribution in [1.82, 2.24) is 4.98 Å². The maximum atomic E-state index is 13.6. The van der Waals surface area contributed by atoms with Gasteiger partial charge in [-0.05, 0) is 36.2 Å². The van der Waals surface area contributed by atoms with Crippen LogP contribution < -0.4 is 10.5 Å². The molecular weight excluding hydrogens is 288 g/mol. The summed E-state index contributed by atoms with van der Waals surface area (Å²) in [6.07, 6.45) is -3.34. The summed E-state index contributed by atoms with van der Waals surface area (Å²) >= 11 is 0. The monoisotopic (exact) mass is 300 g/mol. The number of ether oxygens (including phenoxy) is 1. The normalized spacial score (nSPS) is 13.0. The SMILES string of the molecule is Cc1ccc(C(N)c2ccc(OC(F)(F)F)c(F)c2)nc1. The van der Waals surface area contributed by atoms with Crippen molar-refractivity contribution in [3.05, 3.63) is 59.2 Å². The van der Waals surface area contributed by atoms with Crippen molar-refractivity contribution in [3.63, 3.8) is 0 Å². The molecule has 0 aliphatic carbocycles. The molecule has 0 aliphatic heterocycles. The molecule has 1 aromatic heterocycles. The van der Waals surface area contributed by atoms with Gasteiger partial charge in [-0.2, -0.15) is 0 Å². The lowest BCUT2D eigenvalue weighted by molar-refractivity contribution is -0.275. The molecule has 1 aromatic carbocycles. The molecule has 7 heteroatoms. The van der Waals surface area contributed by atoms with E-state index in [1.165, 1.54) is 6.07 Å². The fraction of sp³-hybridized carbons (Fsp3) is 0.214. The fourth-order valence-corrected chi connectivity index (χ4v) is 1.75. The Morgan fingerprint density at radius 1 is 1.19 bits per heavy atom.